The Bertz CT molecular complexity index is 413. The number of anilines is 1. The highest BCUT2D eigenvalue weighted by Crippen LogP contribution is 2.28. The zero-order valence-corrected chi connectivity index (χ0v) is 8.19. The lowest BCUT2D eigenvalue weighted by molar-refractivity contribution is -0.118. The molecule has 1 aromatic rings. The van der Waals surface area contributed by atoms with Crippen LogP contribution in [0, 0.1) is 0 Å². The quantitative estimate of drug-likeness (QED) is 0.755. The van der Waals surface area contributed by atoms with Gasteiger partial charge in [-0.15, -0.1) is 0 Å². The maximum absolute atomic E-state index is 11.1. The van der Waals surface area contributed by atoms with Crippen molar-refractivity contribution in [2.24, 2.45) is 5.73 Å². The molecule has 0 bridgehead atoms. The van der Waals surface area contributed by atoms with Crippen LogP contribution < -0.4 is 15.8 Å². The summed E-state index contributed by atoms with van der Waals surface area (Å²) in [5, 5.41) is 2.75. The lowest BCUT2D eigenvalue weighted by Crippen LogP contribution is -2.25. The van der Waals surface area contributed by atoms with E-state index in [1.54, 1.807) is 0 Å². The third kappa shape index (κ3) is 2.16. The van der Waals surface area contributed by atoms with Gasteiger partial charge in [0, 0.05) is 6.54 Å². The first-order valence-corrected chi connectivity index (χ1v) is 4.73. The monoisotopic (exact) mass is 204 g/mol. The average Bonchev–Trinajstić information content (AvgIpc) is 2.25. The Kier molecular flexibility index (Phi) is 2.69. The van der Waals surface area contributed by atoms with Crippen LogP contribution >= 0.6 is 0 Å². The van der Waals surface area contributed by atoms with E-state index in [0.717, 1.165) is 5.56 Å². The number of amides is 1. The van der Waals surface area contributed by atoms with Crippen molar-refractivity contribution >= 4 is 17.7 Å². The van der Waals surface area contributed by atoms with Gasteiger partial charge in [-0.05, 0) is 17.7 Å². The lowest BCUT2D eigenvalue weighted by Gasteiger charge is -2.17. The van der Waals surface area contributed by atoms with E-state index in [1.807, 2.05) is 30.4 Å². The van der Waals surface area contributed by atoms with Crippen molar-refractivity contribution in [1.82, 2.24) is 0 Å². The van der Waals surface area contributed by atoms with Gasteiger partial charge in [0.25, 0.3) is 5.91 Å². The molecule has 4 nitrogen and oxygen atoms in total. The summed E-state index contributed by atoms with van der Waals surface area (Å²) in [6.45, 7) is 0.588. The minimum absolute atomic E-state index is 0.0883. The third-order valence-electron chi connectivity index (χ3n) is 2.08. The number of nitrogens with one attached hydrogen (secondary N) is 1. The van der Waals surface area contributed by atoms with Gasteiger partial charge in [0.2, 0.25) is 0 Å². The fourth-order valence-electron chi connectivity index (χ4n) is 1.41. The van der Waals surface area contributed by atoms with Crippen LogP contribution in [0.1, 0.15) is 5.56 Å². The molecule has 0 spiro atoms. The lowest BCUT2D eigenvalue weighted by atomic mass is 10.1. The first-order valence-electron chi connectivity index (χ1n) is 4.73. The van der Waals surface area contributed by atoms with Crippen molar-refractivity contribution in [3.05, 3.63) is 29.8 Å². The molecule has 15 heavy (non-hydrogen) atoms. The summed E-state index contributed by atoms with van der Waals surface area (Å²) in [6.07, 6.45) is 3.76. The minimum atomic E-state index is -0.123. The Hall–Kier alpha value is -1.81. The van der Waals surface area contributed by atoms with Crippen molar-refractivity contribution in [3.8, 4) is 5.75 Å². The van der Waals surface area contributed by atoms with Gasteiger partial charge in [-0.1, -0.05) is 18.2 Å². The Balaban J connectivity index is 2.28. The predicted octanol–water partition coefficient (Wildman–Crippen LogP) is 0.989. The largest absolute Gasteiger partial charge is 0.482 e. The number of ether oxygens (including phenoxy) is 1. The second kappa shape index (κ2) is 4.14. The van der Waals surface area contributed by atoms with Crippen molar-refractivity contribution in [1.29, 1.82) is 0 Å². The molecule has 1 heterocycles. The van der Waals surface area contributed by atoms with E-state index >= 15 is 0 Å². The van der Waals surface area contributed by atoms with Crippen LogP contribution in [-0.2, 0) is 4.79 Å². The SMILES string of the molecule is NCC=Cc1ccc2c(c1)NC(=O)CO2. The second-order valence-corrected chi connectivity index (χ2v) is 3.23. The molecule has 0 saturated carbocycles. The summed E-state index contributed by atoms with van der Waals surface area (Å²) in [4.78, 5) is 11.1. The molecule has 0 saturated heterocycles. The maximum atomic E-state index is 11.1. The highest BCUT2D eigenvalue weighted by molar-refractivity contribution is 5.95. The molecule has 0 aliphatic carbocycles. The summed E-state index contributed by atoms with van der Waals surface area (Å²) in [5.41, 5.74) is 7.06. The molecular weight excluding hydrogens is 192 g/mol. The number of hydrogen-bond acceptors (Lipinski definition) is 3. The topological polar surface area (TPSA) is 64.3 Å². The van der Waals surface area contributed by atoms with Crippen molar-refractivity contribution < 1.29 is 9.53 Å². The van der Waals surface area contributed by atoms with Gasteiger partial charge >= 0.3 is 0 Å². The molecule has 2 rings (SSSR count). The molecule has 0 radical (unpaired) electrons. The molecule has 0 fully saturated rings. The molecule has 78 valence electrons. The standard InChI is InChI=1S/C11H12N2O2/c12-5-1-2-8-3-4-10-9(6-8)13-11(14)7-15-10/h1-4,6H,5,7,12H2,(H,13,14). The molecule has 0 unspecified atom stereocenters. The first-order chi connectivity index (χ1) is 7.29. The Morgan fingerprint density at radius 1 is 1.53 bits per heavy atom. The van der Waals surface area contributed by atoms with Crippen LogP contribution in [0.2, 0.25) is 0 Å². The molecule has 4 heteroatoms. The van der Waals surface area contributed by atoms with E-state index < -0.39 is 0 Å². The number of carbonyl (C=O) groups excluding carboxylic acids is 1. The fourth-order valence-corrected chi connectivity index (χ4v) is 1.41. The summed E-state index contributed by atoms with van der Waals surface area (Å²) in [7, 11) is 0. The molecule has 1 amide bonds. The summed E-state index contributed by atoms with van der Waals surface area (Å²) in [6, 6.07) is 5.62. The van der Waals surface area contributed by atoms with E-state index in [1.165, 1.54) is 0 Å². The van der Waals surface area contributed by atoms with E-state index in [-0.39, 0.29) is 12.5 Å². The van der Waals surface area contributed by atoms with Gasteiger partial charge in [-0.3, -0.25) is 4.79 Å². The molecule has 1 aromatic carbocycles. The zero-order chi connectivity index (χ0) is 10.7. The van der Waals surface area contributed by atoms with Crippen molar-refractivity contribution in [3.63, 3.8) is 0 Å². The van der Waals surface area contributed by atoms with Gasteiger partial charge in [-0.25, -0.2) is 0 Å². The number of rotatable bonds is 2. The van der Waals surface area contributed by atoms with Crippen molar-refractivity contribution in [2.75, 3.05) is 18.5 Å². The van der Waals surface area contributed by atoms with Gasteiger partial charge < -0.3 is 15.8 Å². The van der Waals surface area contributed by atoms with E-state index in [0.29, 0.717) is 18.0 Å². The summed E-state index contributed by atoms with van der Waals surface area (Å²) >= 11 is 0. The smallest absolute Gasteiger partial charge is 0.262 e. The van der Waals surface area contributed by atoms with Crippen LogP contribution in [-0.4, -0.2) is 19.1 Å². The number of fused-ring (bicyclic) bond motifs is 1. The van der Waals surface area contributed by atoms with Gasteiger partial charge in [0.05, 0.1) is 5.69 Å². The molecule has 0 aromatic heterocycles. The Labute approximate surface area is 87.7 Å². The Morgan fingerprint density at radius 3 is 3.20 bits per heavy atom. The van der Waals surface area contributed by atoms with Crippen LogP contribution in [0.5, 0.6) is 5.75 Å². The predicted molar refractivity (Wildman–Crippen MR) is 58.7 cm³/mol. The van der Waals surface area contributed by atoms with Gasteiger partial charge in [0.1, 0.15) is 5.75 Å². The normalized spacial score (nSPS) is 14.6. The molecule has 0 atom stereocenters. The van der Waals surface area contributed by atoms with Crippen molar-refractivity contribution in [2.45, 2.75) is 0 Å². The zero-order valence-electron chi connectivity index (χ0n) is 8.19. The summed E-state index contributed by atoms with van der Waals surface area (Å²) < 4.78 is 5.23. The minimum Gasteiger partial charge on any atom is -0.482 e. The molecule has 1 aliphatic rings. The van der Waals surface area contributed by atoms with Crippen LogP contribution in [0.25, 0.3) is 6.08 Å². The number of nitrogens with two attached hydrogens (primary N) is 1. The number of hydrogen-bond donors (Lipinski definition) is 2. The summed E-state index contributed by atoms with van der Waals surface area (Å²) in [5.74, 6) is 0.585. The van der Waals surface area contributed by atoms with Crippen LogP contribution in [0.4, 0.5) is 5.69 Å². The fraction of sp³-hybridized carbons (Fsp3) is 0.182. The van der Waals surface area contributed by atoms with Crippen LogP contribution in [0.3, 0.4) is 0 Å². The number of benzene rings is 1. The van der Waals surface area contributed by atoms with Crippen LogP contribution in [0.15, 0.2) is 24.3 Å². The van der Waals surface area contributed by atoms with Gasteiger partial charge in [-0.2, -0.15) is 0 Å². The molecule has 3 N–H and O–H groups in total. The van der Waals surface area contributed by atoms with E-state index in [9.17, 15) is 4.79 Å². The first kappa shape index (κ1) is 9.73. The van der Waals surface area contributed by atoms with E-state index in [2.05, 4.69) is 5.32 Å². The molecular formula is C11H12N2O2. The van der Waals surface area contributed by atoms with Gasteiger partial charge in [0.15, 0.2) is 6.61 Å². The highest BCUT2D eigenvalue weighted by Gasteiger charge is 2.15. The second-order valence-electron chi connectivity index (χ2n) is 3.23. The highest BCUT2D eigenvalue weighted by atomic mass is 16.5. The molecule has 1 aliphatic heterocycles. The Morgan fingerprint density at radius 2 is 2.40 bits per heavy atom. The van der Waals surface area contributed by atoms with E-state index in [4.69, 9.17) is 10.5 Å². The number of carbonyl (C=O) groups is 1. The average molecular weight is 204 g/mol. The maximum Gasteiger partial charge on any atom is 0.262 e. The third-order valence-corrected chi connectivity index (χ3v) is 2.08.